The van der Waals surface area contributed by atoms with Crippen molar-refractivity contribution in [3.63, 3.8) is 0 Å². The van der Waals surface area contributed by atoms with Gasteiger partial charge in [-0.1, -0.05) is 6.42 Å². The van der Waals surface area contributed by atoms with E-state index in [-0.39, 0.29) is 30.9 Å². The molecule has 2 aliphatic heterocycles. The zero-order chi connectivity index (χ0) is 27.5. The summed E-state index contributed by atoms with van der Waals surface area (Å²) in [6, 6.07) is 2.27. The molecule has 2 heterocycles. The molecule has 2 aliphatic rings. The first-order chi connectivity index (χ1) is 18.3. The lowest BCUT2D eigenvalue weighted by atomic mass is 9.93. The first-order valence-electron chi connectivity index (χ1n) is 13.7. The molecule has 2 saturated heterocycles. The van der Waals surface area contributed by atoms with Crippen LogP contribution in [0.4, 0.5) is 8.78 Å². The molecular weight excluding hydrogens is 500 g/mol. The van der Waals surface area contributed by atoms with Crippen molar-refractivity contribution in [1.29, 1.82) is 0 Å². The van der Waals surface area contributed by atoms with Gasteiger partial charge in [-0.3, -0.25) is 9.69 Å². The summed E-state index contributed by atoms with van der Waals surface area (Å²) >= 11 is 0. The Labute approximate surface area is 223 Å². The van der Waals surface area contributed by atoms with Gasteiger partial charge in [0, 0.05) is 57.0 Å². The Morgan fingerprint density at radius 3 is 2.32 bits per heavy atom. The zero-order valence-corrected chi connectivity index (χ0v) is 22.0. The normalized spacial score (nSPS) is 19.8. The fourth-order valence-corrected chi connectivity index (χ4v) is 5.10. The van der Waals surface area contributed by atoms with Gasteiger partial charge in [0.25, 0.3) is 0 Å². The molecule has 0 aromatic heterocycles. The molecule has 0 aliphatic carbocycles. The van der Waals surface area contributed by atoms with E-state index in [1.807, 2.05) is 4.90 Å². The highest BCUT2D eigenvalue weighted by molar-refractivity contribution is 5.79. The number of carbonyl (C=O) groups excluding carboxylic acids is 1. The molecule has 1 unspecified atom stereocenters. The van der Waals surface area contributed by atoms with Gasteiger partial charge < -0.3 is 35.4 Å². The Balaban J connectivity index is 1.40. The fourth-order valence-electron chi connectivity index (χ4n) is 5.10. The average Bonchev–Trinajstić information content (AvgIpc) is 2.91. The minimum absolute atomic E-state index is 0.0423. The van der Waals surface area contributed by atoms with Gasteiger partial charge in [0.05, 0.1) is 25.2 Å². The van der Waals surface area contributed by atoms with E-state index in [9.17, 15) is 28.9 Å². The van der Waals surface area contributed by atoms with Gasteiger partial charge in [0.2, 0.25) is 5.91 Å². The van der Waals surface area contributed by atoms with Crippen LogP contribution in [0.3, 0.4) is 0 Å². The third-order valence-corrected chi connectivity index (χ3v) is 7.56. The lowest BCUT2D eigenvalue weighted by Crippen LogP contribution is -2.53. The molecule has 5 N–H and O–H groups in total. The molecule has 0 saturated carbocycles. The van der Waals surface area contributed by atoms with Gasteiger partial charge in [-0.25, -0.2) is 8.78 Å². The van der Waals surface area contributed by atoms with Crippen LogP contribution in [0, 0.1) is 17.6 Å². The standard InChI is InChI=1S/C27H43F2N3O6/c28-22-15-20(38-14-2-1-3-19-4-7-30-8-5-19)16-23(29)21(22)17-26(36)32-11-9-31(10-12-32)18-25(35)27(37)24(34)6-13-33/h15-16,19,24-25,27,30,33-35,37H,1-14,17-18H2/t24?,25-,27-/m0/s1. The second-order valence-electron chi connectivity index (χ2n) is 10.4. The number of hydrogen-bond acceptors (Lipinski definition) is 8. The number of aliphatic hydroxyl groups excluding tert-OH is 4. The number of piperazine rings is 1. The van der Waals surface area contributed by atoms with Gasteiger partial charge >= 0.3 is 0 Å². The molecule has 9 nitrogen and oxygen atoms in total. The van der Waals surface area contributed by atoms with Crippen molar-refractivity contribution in [1.82, 2.24) is 15.1 Å². The van der Waals surface area contributed by atoms with Crippen molar-refractivity contribution in [2.45, 2.75) is 63.3 Å². The highest BCUT2D eigenvalue weighted by atomic mass is 19.1. The largest absolute Gasteiger partial charge is 0.493 e. The maximum absolute atomic E-state index is 14.7. The number of rotatable bonds is 14. The molecular formula is C27H43F2N3O6. The molecule has 1 aromatic rings. The highest BCUT2D eigenvalue weighted by Crippen LogP contribution is 2.23. The van der Waals surface area contributed by atoms with Crippen molar-refractivity contribution in [3.05, 3.63) is 29.3 Å². The third kappa shape index (κ3) is 9.39. The first kappa shape index (κ1) is 30.6. The van der Waals surface area contributed by atoms with E-state index >= 15 is 0 Å². The van der Waals surface area contributed by atoms with E-state index in [1.54, 1.807) is 0 Å². The van der Waals surface area contributed by atoms with Crippen LogP contribution < -0.4 is 10.1 Å². The Kier molecular flexibility index (Phi) is 12.6. The number of halogens is 2. The number of unbranched alkanes of at least 4 members (excludes halogenated alkanes) is 1. The number of carbonyl (C=O) groups is 1. The molecule has 3 atom stereocenters. The monoisotopic (exact) mass is 543 g/mol. The SMILES string of the molecule is O=C(Cc1c(F)cc(OCCCCC2CCNCC2)cc1F)N1CCN(C[C@H](O)[C@@H](O)C(O)CCO)CC1. The van der Waals surface area contributed by atoms with Crippen molar-refractivity contribution in [3.8, 4) is 5.75 Å². The molecule has 216 valence electrons. The van der Waals surface area contributed by atoms with Crippen molar-refractivity contribution in [2.75, 3.05) is 59.0 Å². The average molecular weight is 544 g/mol. The Morgan fingerprint density at radius 1 is 1.03 bits per heavy atom. The number of nitrogens with one attached hydrogen (secondary N) is 1. The third-order valence-electron chi connectivity index (χ3n) is 7.56. The molecule has 0 spiro atoms. The van der Waals surface area contributed by atoms with E-state index in [0.717, 1.165) is 50.4 Å². The molecule has 3 rings (SSSR count). The van der Waals surface area contributed by atoms with E-state index in [4.69, 9.17) is 9.84 Å². The molecule has 2 fully saturated rings. The minimum atomic E-state index is -1.39. The van der Waals surface area contributed by atoms with Crippen molar-refractivity contribution < 1.29 is 38.7 Å². The van der Waals surface area contributed by atoms with Crippen LogP contribution in [-0.4, -0.2) is 113 Å². The second kappa shape index (κ2) is 15.6. The summed E-state index contributed by atoms with van der Waals surface area (Å²) in [6.07, 6.45) is 1.08. The van der Waals surface area contributed by atoms with Crippen LogP contribution >= 0.6 is 0 Å². The van der Waals surface area contributed by atoms with Gasteiger partial charge in [0.1, 0.15) is 23.5 Å². The molecule has 1 aromatic carbocycles. The van der Waals surface area contributed by atoms with Crippen LogP contribution in [-0.2, 0) is 11.2 Å². The molecule has 0 radical (unpaired) electrons. The summed E-state index contributed by atoms with van der Waals surface area (Å²) in [5.41, 5.74) is -0.285. The molecule has 1 amide bonds. The molecule has 11 heteroatoms. The number of piperidine rings is 1. The summed E-state index contributed by atoms with van der Waals surface area (Å²) in [7, 11) is 0. The Morgan fingerprint density at radius 2 is 1.68 bits per heavy atom. The van der Waals surface area contributed by atoms with Gasteiger partial charge in [-0.05, 0) is 51.1 Å². The maximum Gasteiger partial charge on any atom is 0.227 e. The predicted octanol–water partition coefficient (Wildman–Crippen LogP) is 0.665. The van der Waals surface area contributed by atoms with Crippen molar-refractivity contribution in [2.24, 2.45) is 5.92 Å². The topological polar surface area (TPSA) is 126 Å². The van der Waals surface area contributed by atoms with Crippen LogP contribution in [0.5, 0.6) is 5.75 Å². The summed E-state index contributed by atoms with van der Waals surface area (Å²) in [5, 5.41) is 42.0. The quantitative estimate of drug-likeness (QED) is 0.217. The van der Waals surface area contributed by atoms with E-state index in [1.165, 1.54) is 17.7 Å². The summed E-state index contributed by atoms with van der Waals surface area (Å²) < 4.78 is 34.9. The maximum atomic E-state index is 14.7. The Hall–Kier alpha value is -1.89. The first-order valence-corrected chi connectivity index (χ1v) is 13.7. The number of amides is 1. The van der Waals surface area contributed by atoms with Crippen LogP contribution in [0.1, 0.15) is 44.1 Å². The number of nitrogens with zero attached hydrogens (tertiary/aromatic N) is 2. The van der Waals surface area contributed by atoms with Crippen LogP contribution in [0.25, 0.3) is 0 Å². The van der Waals surface area contributed by atoms with Gasteiger partial charge in [-0.2, -0.15) is 0 Å². The lowest BCUT2D eigenvalue weighted by Gasteiger charge is -2.36. The summed E-state index contributed by atoms with van der Waals surface area (Å²) in [5.74, 6) is -1.15. The number of β-amino-alcohol motifs (C(OH)–C–C–N with tert-alkyl or cyclic N) is 1. The number of ether oxygens (including phenoxy) is 1. The van der Waals surface area contributed by atoms with Gasteiger partial charge in [0.15, 0.2) is 0 Å². The smallest absolute Gasteiger partial charge is 0.227 e. The van der Waals surface area contributed by atoms with E-state index in [0.29, 0.717) is 32.8 Å². The second-order valence-corrected chi connectivity index (χ2v) is 10.4. The summed E-state index contributed by atoms with van der Waals surface area (Å²) in [6.45, 7) is 3.73. The number of aliphatic hydroxyl groups is 4. The zero-order valence-electron chi connectivity index (χ0n) is 22.0. The van der Waals surface area contributed by atoms with Crippen molar-refractivity contribution >= 4 is 5.91 Å². The van der Waals surface area contributed by atoms with Gasteiger partial charge in [-0.15, -0.1) is 0 Å². The molecule has 38 heavy (non-hydrogen) atoms. The number of benzene rings is 1. The van der Waals surface area contributed by atoms with E-state index < -0.39 is 42.3 Å². The van der Waals surface area contributed by atoms with E-state index in [2.05, 4.69) is 5.32 Å². The van der Waals surface area contributed by atoms with Crippen LogP contribution in [0.2, 0.25) is 0 Å². The lowest BCUT2D eigenvalue weighted by molar-refractivity contribution is -0.132. The number of hydrogen-bond donors (Lipinski definition) is 5. The fraction of sp³-hybridized carbons (Fsp3) is 0.741. The summed E-state index contributed by atoms with van der Waals surface area (Å²) in [4.78, 5) is 16.1. The minimum Gasteiger partial charge on any atom is -0.493 e. The predicted molar refractivity (Wildman–Crippen MR) is 138 cm³/mol. The van der Waals surface area contributed by atoms with Crippen LogP contribution in [0.15, 0.2) is 12.1 Å². The highest BCUT2D eigenvalue weighted by Gasteiger charge is 2.29. The Bertz CT molecular complexity index is 842. The molecule has 0 bridgehead atoms.